The molecule has 2 amide bonds. The van der Waals surface area contributed by atoms with E-state index in [1.807, 2.05) is 18.2 Å². The second kappa shape index (κ2) is 7.25. The number of benzene rings is 2. The average molecular weight is 326 g/mol. The number of carbonyl (C=O) groups is 2. The molecule has 0 radical (unpaired) electrons. The minimum Gasteiger partial charge on any atom is -0.355 e. The van der Waals surface area contributed by atoms with Gasteiger partial charge < -0.3 is 10.6 Å². The van der Waals surface area contributed by atoms with Gasteiger partial charge in [0.25, 0.3) is 0 Å². The molecule has 5 heteroatoms. The number of hydrogen-bond donors (Lipinski definition) is 2. The number of nitrogens with one attached hydrogen (secondary N) is 2. The molecule has 1 heterocycles. The second-order valence-electron chi connectivity index (χ2n) is 5.91. The first-order valence-electron chi connectivity index (χ1n) is 8.03. The lowest BCUT2D eigenvalue weighted by molar-refractivity contribution is -0.120. The Hall–Kier alpha value is -2.69. The molecule has 0 unspecified atom stereocenters. The normalized spacial score (nSPS) is 13.1. The molecule has 0 saturated carbocycles. The zero-order chi connectivity index (χ0) is 16.9. The highest BCUT2D eigenvalue weighted by molar-refractivity contribution is 5.94. The van der Waals surface area contributed by atoms with Crippen molar-refractivity contribution >= 4 is 17.5 Å². The smallest absolute Gasteiger partial charge is 0.224 e. The molecular formula is C19H19FN2O2. The molecule has 2 aromatic carbocycles. The van der Waals surface area contributed by atoms with Crippen LogP contribution in [0.2, 0.25) is 0 Å². The van der Waals surface area contributed by atoms with Gasteiger partial charge in [-0.3, -0.25) is 9.59 Å². The SMILES string of the molecule is O=C(Cc1ccc2c(c1)CCC(=O)N2)NCCc1ccccc1F. The van der Waals surface area contributed by atoms with Crippen LogP contribution in [0.15, 0.2) is 42.5 Å². The third-order valence-corrected chi connectivity index (χ3v) is 4.10. The Balaban J connectivity index is 1.52. The first-order valence-corrected chi connectivity index (χ1v) is 8.03. The minimum atomic E-state index is -0.247. The van der Waals surface area contributed by atoms with E-state index in [4.69, 9.17) is 0 Å². The number of carbonyl (C=O) groups excluding carboxylic acids is 2. The van der Waals surface area contributed by atoms with Gasteiger partial charge in [-0.15, -0.1) is 0 Å². The Labute approximate surface area is 140 Å². The maximum absolute atomic E-state index is 13.5. The van der Waals surface area contributed by atoms with Gasteiger partial charge >= 0.3 is 0 Å². The fourth-order valence-electron chi connectivity index (χ4n) is 2.83. The molecule has 0 fully saturated rings. The molecule has 1 aliphatic rings. The van der Waals surface area contributed by atoms with Crippen LogP contribution in [0.25, 0.3) is 0 Å². The van der Waals surface area contributed by atoms with E-state index >= 15 is 0 Å². The highest BCUT2D eigenvalue weighted by atomic mass is 19.1. The number of aryl methyl sites for hydroxylation is 1. The van der Waals surface area contributed by atoms with Gasteiger partial charge in [0.05, 0.1) is 6.42 Å². The lowest BCUT2D eigenvalue weighted by Crippen LogP contribution is -2.27. The van der Waals surface area contributed by atoms with Gasteiger partial charge in [0.1, 0.15) is 5.82 Å². The van der Waals surface area contributed by atoms with Crippen LogP contribution in [0.3, 0.4) is 0 Å². The highest BCUT2D eigenvalue weighted by Crippen LogP contribution is 2.23. The molecule has 124 valence electrons. The predicted molar refractivity (Wildman–Crippen MR) is 90.2 cm³/mol. The molecular weight excluding hydrogens is 307 g/mol. The van der Waals surface area contributed by atoms with Crippen molar-refractivity contribution in [3.05, 3.63) is 65.0 Å². The van der Waals surface area contributed by atoms with Gasteiger partial charge in [0, 0.05) is 18.7 Å². The first kappa shape index (κ1) is 16.2. The van der Waals surface area contributed by atoms with Gasteiger partial charge in [0.15, 0.2) is 0 Å². The van der Waals surface area contributed by atoms with E-state index in [1.54, 1.807) is 18.2 Å². The van der Waals surface area contributed by atoms with Crippen LogP contribution in [0.5, 0.6) is 0 Å². The first-order chi connectivity index (χ1) is 11.6. The summed E-state index contributed by atoms with van der Waals surface area (Å²) in [7, 11) is 0. The fourth-order valence-corrected chi connectivity index (χ4v) is 2.83. The zero-order valence-electron chi connectivity index (χ0n) is 13.3. The standard InChI is InChI=1S/C19H19FN2O2/c20-16-4-2-1-3-14(16)9-10-21-19(24)12-13-5-7-17-15(11-13)6-8-18(23)22-17/h1-5,7,11H,6,8-10,12H2,(H,21,24)(H,22,23). The summed E-state index contributed by atoms with van der Waals surface area (Å²) in [4.78, 5) is 23.4. The van der Waals surface area contributed by atoms with Crippen molar-refractivity contribution in [1.29, 1.82) is 0 Å². The summed E-state index contributed by atoms with van der Waals surface area (Å²) in [5, 5.41) is 5.64. The molecule has 0 aliphatic carbocycles. The maximum atomic E-state index is 13.5. The van der Waals surface area contributed by atoms with Gasteiger partial charge in [-0.25, -0.2) is 4.39 Å². The molecule has 3 rings (SSSR count). The van der Waals surface area contributed by atoms with E-state index in [0.29, 0.717) is 31.4 Å². The largest absolute Gasteiger partial charge is 0.355 e. The monoisotopic (exact) mass is 326 g/mol. The summed E-state index contributed by atoms with van der Waals surface area (Å²) >= 11 is 0. The highest BCUT2D eigenvalue weighted by Gasteiger charge is 2.15. The van der Waals surface area contributed by atoms with Crippen molar-refractivity contribution in [3.8, 4) is 0 Å². The Morgan fingerprint density at radius 2 is 2.00 bits per heavy atom. The third kappa shape index (κ3) is 3.98. The van der Waals surface area contributed by atoms with Crippen molar-refractivity contribution < 1.29 is 14.0 Å². The molecule has 4 nitrogen and oxygen atoms in total. The van der Waals surface area contributed by atoms with Crippen LogP contribution in [0.4, 0.5) is 10.1 Å². The second-order valence-corrected chi connectivity index (χ2v) is 5.91. The molecule has 2 N–H and O–H groups in total. The summed E-state index contributed by atoms with van der Waals surface area (Å²) in [6.07, 6.45) is 1.92. The molecule has 0 spiro atoms. The van der Waals surface area contributed by atoms with Gasteiger partial charge in [-0.05, 0) is 41.7 Å². The molecule has 0 aromatic heterocycles. The number of halogens is 1. The van der Waals surface area contributed by atoms with Gasteiger partial charge in [-0.2, -0.15) is 0 Å². The van der Waals surface area contributed by atoms with Gasteiger partial charge in [0.2, 0.25) is 11.8 Å². The van der Waals surface area contributed by atoms with E-state index in [2.05, 4.69) is 10.6 Å². The third-order valence-electron chi connectivity index (χ3n) is 4.10. The Morgan fingerprint density at radius 3 is 2.83 bits per heavy atom. The lowest BCUT2D eigenvalue weighted by atomic mass is 9.99. The van der Waals surface area contributed by atoms with E-state index < -0.39 is 0 Å². The summed E-state index contributed by atoms with van der Waals surface area (Å²) in [5.74, 6) is -0.309. The topological polar surface area (TPSA) is 58.2 Å². The van der Waals surface area contributed by atoms with Crippen molar-refractivity contribution in [1.82, 2.24) is 5.32 Å². The van der Waals surface area contributed by atoms with Crippen molar-refractivity contribution in [2.24, 2.45) is 0 Å². The molecule has 24 heavy (non-hydrogen) atoms. The average Bonchev–Trinajstić information content (AvgIpc) is 2.57. The molecule has 0 saturated heterocycles. The van der Waals surface area contributed by atoms with Crippen LogP contribution >= 0.6 is 0 Å². The van der Waals surface area contributed by atoms with Crippen molar-refractivity contribution in [3.63, 3.8) is 0 Å². The Kier molecular flexibility index (Phi) is 4.89. The number of rotatable bonds is 5. The van der Waals surface area contributed by atoms with Crippen molar-refractivity contribution in [2.75, 3.05) is 11.9 Å². The summed E-state index contributed by atoms with van der Waals surface area (Å²) in [6, 6.07) is 12.2. The zero-order valence-corrected chi connectivity index (χ0v) is 13.3. The van der Waals surface area contributed by atoms with E-state index in [9.17, 15) is 14.0 Å². The summed E-state index contributed by atoms with van der Waals surface area (Å²) in [5.41, 5.74) is 3.40. The molecule has 1 aliphatic heterocycles. The van der Waals surface area contributed by atoms with Crippen LogP contribution in [-0.2, 0) is 28.9 Å². The number of hydrogen-bond acceptors (Lipinski definition) is 2. The summed E-state index contributed by atoms with van der Waals surface area (Å²) in [6.45, 7) is 0.404. The summed E-state index contributed by atoms with van der Waals surface area (Å²) < 4.78 is 13.5. The number of amides is 2. The van der Waals surface area contributed by atoms with E-state index in [0.717, 1.165) is 16.8 Å². The van der Waals surface area contributed by atoms with Gasteiger partial charge in [-0.1, -0.05) is 30.3 Å². The number of anilines is 1. The Morgan fingerprint density at radius 1 is 1.17 bits per heavy atom. The number of fused-ring (bicyclic) bond motifs is 1. The molecule has 0 bridgehead atoms. The van der Waals surface area contributed by atoms with E-state index in [1.165, 1.54) is 6.07 Å². The van der Waals surface area contributed by atoms with Crippen molar-refractivity contribution in [2.45, 2.75) is 25.7 Å². The van der Waals surface area contributed by atoms with Crippen LogP contribution in [0.1, 0.15) is 23.1 Å². The lowest BCUT2D eigenvalue weighted by Gasteiger charge is -2.17. The quantitative estimate of drug-likeness (QED) is 0.887. The molecule has 0 atom stereocenters. The van der Waals surface area contributed by atoms with E-state index in [-0.39, 0.29) is 24.1 Å². The molecule has 2 aromatic rings. The predicted octanol–water partition coefficient (Wildman–Crippen LogP) is 2.61. The Bertz CT molecular complexity index is 774. The van der Waals surface area contributed by atoms with Crippen LogP contribution in [-0.4, -0.2) is 18.4 Å². The van der Waals surface area contributed by atoms with Crippen LogP contribution in [0, 0.1) is 5.82 Å². The fraction of sp³-hybridized carbons (Fsp3) is 0.263. The van der Waals surface area contributed by atoms with Crippen LogP contribution < -0.4 is 10.6 Å². The maximum Gasteiger partial charge on any atom is 0.224 e. The minimum absolute atomic E-state index is 0.0288.